The maximum absolute atomic E-state index is 10.1. The summed E-state index contributed by atoms with van der Waals surface area (Å²) in [7, 11) is 0. The molecule has 2 aliphatic heterocycles. The minimum Gasteiger partial charge on any atom is -0.454 e. The van der Waals surface area contributed by atoms with Crippen LogP contribution in [0.1, 0.15) is 36.8 Å². The molecule has 4 heteroatoms. The van der Waals surface area contributed by atoms with E-state index in [0.29, 0.717) is 13.4 Å². The van der Waals surface area contributed by atoms with Crippen molar-refractivity contribution < 1.29 is 14.6 Å². The molecule has 0 saturated carbocycles. The number of aryl methyl sites for hydroxylation is 1. The number of aliphatic hydroxyl groups excluding tert-OH is 1. The second-order valence-electron chi connectivity index (χ2n) is 7.92. The minimum atomic E-state index is 0.0868. The van der Waals surface area contributed by atoms with Gasteiger partial charge in [-0.1, -0.05) is 42.5 Å². The molecule has 0 spiro atoms. The summed E-state index contributed by atoms with van der Waals surface area (Å²) in [5, 5.41) is 10.1. The molecule has 2 heterocycles. The molecular formula is C23H29NO3. The van der Waals surface area contributed by atoms with Crippen LogP contribution in [0.5, 0.6) is 11.5 Å². The van der Waals surface area contributed by atoms with Crippen molar-refractivity contribution in [1.29, 1.82) is 0 Å². The molecule has 0 radical (unpaired) electrons. The van der Waals surface area contributed by atoms with Crippen molar-refractivity contribution in [1.82, 2.24) is 4.90 Å². The molecule has 1 saturated heterocycles. The van der Waals surface area contributed by atoms with Gasteiger partial charge in [0.25, 0.3) is 0 Å². The number of hydrogen-bond acceptors (Lipinski definition) is 4. The average Bonchev–Trinajstić information content (AvgIpc) is 3.20. The van der Waals surface area contributed by atoms with E-state index in [4.69, 9.17) is 9.47 Å². The number of aliphatic hydroxyl groups is 1. The molecule has 4 rings (SSSR count). The van der Waals surface area contributed by atoms with Gasteiger partial charge in [-0.2, -0.15) is 0 Å². The van der Waals surface area contributed by atoms with Crippen LogP contribution in [-0.4, -0.2) is 36.5 Å². The van der Waals surface area contributed by atoms with Crippen LogP contribution < -0.4 is 9.47 Å². The van der Waals surface area contributed by atoms with Crippen molar-refractivity contribution in [3.63, 3.8) is 0 Å². The molecule has 144 valence electrons. The maximum atomic E-state index is 10.1. The van der Waals surface area contributed by atoms with Gasteiger partial charge in [0.1, 0.15) is 0 Å². The quantitative estimate of drug-likeness (QED) is 0.803. The number of fused-ring (bicyclic) bond motifs is 1. The van der Waals surface area contributed by atoms with E-state index in [1.807, 2.05) is 12.1 Å². The summed E-state index contributed by atoms with van der Waals surface area (Å²) < 4.78 is 11.1. The van der Waals surface area contributed by atoms with E-state index in [2.05, 4.69) is 41.3 Å². The van der Waals surface area contributed by atoms with Crippen LogP contribution in [0.3, 0.4) is 0 Å². The molecular weight excluding hydrogens is 338 g/mol. The smallest absolute Gasteiger partial charge is 0.231 e. The lowest BCUT2D eigenvalue weighted by molar-refractivity contribution is 0.0327. The maximum Gasteiger partial charge on any atom is 0.231 e. The first-order valence-electron chi connectivity index (χ1n) is 10.0. The third-order valence-corrected chi connectivity index (χ3v) is 6.14. The molecule has 2 aromatic rings. The lowest BCUT2D eigenvalue weighted by Crippen LogP contribution is -2.41. The molecule has 27 heavy (non-hydrogen) atoms. The predicted octanol–water partition coefficient (Wildman–Crippen LogP) is 4.01. The first-order valence-corrected chi connectivity index (χ1v) is 10.0. The Bertz CT molecular complexity index is 739. The van der Waals surface area contributed by atoms with E-state index in [9.17, 15) is 5.11 Å². The zero-order chi connectivity index (χ0) is 18.5. The Labute approximate surface area is 161 Å². The second kappa shape index (κ2) is 8.32. The molecule has 0 atom stereocenters. The molecule has 0 unspecified atom stereocenters. The van der Waals surface area contributed by atoms with Gasteiger partial charge in [-0.05, 0) is 62.2 Å². The van der Waals surface area contributed by atoms with Crippen LogP contribution in [0.15, 0.2) is 48.5 Å². The lowest BCUT2D eigenvalue weighted by atomic mass is 9.75. The van der Waals surface area contributed by atoms with E-state index in [1.54, 1.807) is 0 Å². The van der Waals surface area contributed by atoms with E-state index in [0.717, 1.165) is 63.2 Å². The molecule has 0 aliphatic carbocycles. The van der Waals surface area contributed by atoms with Gasteiger partial charge in [0.15, 0.2) is 11.5 Å². The van der Waals surface area contributed by atoms with Crippen molar-refractivity contribution in [3.05, 3.63) is 59.7 Å². The Hall–Kier alpha value is -2.04. The fourth-order valence-corrected chi connectivity index (χ4v) is 4.34. The molecule has 0 aromatic heterocycles. The lowest BCUT2D eigenvalue weighted by Gasteiger charge is -2.41. The van der Waals surface area contributed by atoms with E-state index < -0.39 is 0 Å². The average molecular weight is 367 g/mol. The monoisotopic (exact) mass is 367 g/mol. The molecule has 1 N–H and O–H groups in total. The van der Waals surface area contributed by atoms with Crippen LogP contribution in [0.25, 0.3) is 0 Å². The van der Waals surface area contributed by atoms with E-state index >= 15 is 0 Å². The number of benzene rings is 2. The fraction of sp³-hybridized carbons (Fsp3) is 0.478. The number of nitrogens with zero attached hydrogens (tertiary/aromatic N) is 1. The van der Waals surface area contributed by atoms with Gasteiger partial charge in [-0.25, -0.2) is 0 Å². The molecule has 0 amide bonds. The fourth-order valence-electron chi connectivity index (χ4n) is 4.34. The second-order valence-corrected chi connectivity index (χ2v) is 7.92. The highest BCUT2D eigenvalue weighted by molar-refractivity contribution is 5.48. The number of para-hydroxylation sites is 1. The Kier molecular flexibility index (Phi) is 5.65. The van der Waals surface area contributed by atoms with Gasteiger partial charge in [0, 0.05) is 18.7 Å². The predicted molar refractivity (Wildman–Crippen MR) is 106 cm³/mol. The summed E-state index contributed by atoms with van der Waals surface area (Å²) in [6.45, 7) is 3.56. The first kappa shape index (κ1) is 18.3. The van der Waals surface area contributed by atoms with Gasteiger partial charge in [0.05, 0.1) is 0 Å². The third-order valence-electron chi connectivity index (χ3n) is 6.14. The number of likely N-dealkylation sites (tertiary alicyclic amines) is 1. The van der Waals surface area contributed by atoms with Crippen LogP contribution >= 0.6 is 0 Å². The van der Waals surface area contributed by atoms with E-state index in [1.165, 1.54) is 11.1 Å². The van der Waals surface area contributed by atoms with Crippen molar-refractivity contribution in [2.75, 3.05) is 26.5 Å². The van der Waals surface area contributed by atoms with Crippen LogP contribution in [0, 0.1) is 5.41 Å². The van der Waals surface area contributed by atoms with Crippen molar-refractivity contribution in [2.45, 2.75) is 38.6 Å². The molecule has 1 fully saturated rings. The minimum absolute atomic E-state index is 0.0868. The van der Waals surface area contributed by atoms with Crippen molar-refractivity contribution in [3.8, 4) is 11.5 Å². The van der Waals surface area contributed by atoms with Crippen LogP contribution in [0.2, 0.25) is 0 Å². The molecule has 0 bridgehead atoms. The standard InChI is InChI=1S/C23H29NO3/c25-17-23(11-5-8-19-6-2-1-3-7-19)12-14-24(15-13-23)16-20-9-4-10-21-22(20)27-18-26-21/h1-4,6-7,9-10,25H,5,8,11-18H2. The Morgan fingerprint density at radius 1 is 0.963 bits per heavy atom. The summed E-state index contributed by atoms with van der Waals surface area (Å²) in [5.74, 6) is 1.76. The normalized spacial score (nSPS) is 18.6. The largest absolute Gasteiger partial charge is 0.454 e. The number of hydrogen-bond donors (Lipinski definition) is 1. The summed E-state index contributed by atoms with van der Waals surface area (Å²) in [5.41, 5.74) is 2.68. The van der Waals surface area contributed by atoms with Gasteiger partial charge < -0.3 is 14.6 Å². The van der Waals surface area contributed by atoms with Crippen LogP contribution in [-0.2, 0) is 13.0 Å². The Morgan fingerprint density at radius 3 is 2.56 bits per heavy atom. The molecule has 2 aromatic carbocycles. The number of piperidine rings is 1. The molecule has 4 nitrogen and oxygen atoms in total. The summed E-state index contributed by atoms with van der Waals surface area (Å²) >= 11 is 0. The Balaban J connectivity index is 1.30. The summed E-state index contributed by atoms with van der Waals surface area (Å²) in [4.78, 5) is 2.47. The van der Waals surface area contributed by atoms with Gasteiger partial charge in [-0.15, -0.1) is 0 Å². The van der Waals surface area contributed by atoms with Crippen molar-refractivity contribution in [2.24, 2.45) is 5.41 Å². The summed E-state index contributed by atoms with van der Waals surface area (Å²) in [6.07, 6.45) is 5.46. The highest BCUT2D eigenvalue weighted by Crippen LogP contribution is 2.39. The van der Waals surface area contributed by atoms with Gasteiger partial charge in [0.2, 0.25) is 6.79 Å². The SMILES string of the molecule is OCC1(CCCc2ccccc2)CCN(Cc2cccc3c2OCO3)CC1. The van der Waals surface area contributed by atoms with E-state index in [-0.39, 0.29) is 5.41 Å². The van der Waals surface area contributed by atoms with Crippen molar-refractivity contribution >= 4 is 0 Å². The highest BCUT2D eigenvalue weighted by Gasteiger charge is 2.34. The zero-order valence-corrected chi connectivity index (χ0v) is 15.9. The number of rotatable bonds is 7. The summed E-state index contributed by atoms with van der Waals surface area (Å²) in [6, 6.07) is 16.8. The number of ether oxygens (including phenoxy) is 2. The topological polar surface area (TPSA) is 41.9 Å². The van der Waals surface area contributed by atoms with Gasteiger partial charge in [-0.3, -0.25) is 4.90 Å². The first-order chi connectivity index (χ1) is 13.3. The highest BCUT2D eigenvalue weighted by atomic mass is 16.7. The zero-order valence-electron chi connectivity index (χ0n) is 15.9. The Morgan fingerprint density at radius 2 is 1.78 bits per heavy atom. The third kappa shape index (κ3) is 4.28. The van der Waals surface area contributed by atoms with Gasteiger partial charge >= 0.3 is 0 Å². The molecule has 2 aliphatic rings. The van der Waals surface area contributed by atoms with Crippen LogP contribution in [0.4, 0.5) is 0 Å².